The molecule has 2 rings (SSSR count). The van der Waals surface area contributed by atoms with Gasteiger partial charge in [0, 0.05) is 24.0 Å². The third kappa shape index (κ3) is 3.76. The summed E-state index contributed by atoms with van der Waals surface area (Å²) < 4.78 is 6.07. The van der Waals surface area contributed by atoms with Crippen LogP contribution >= 0.6 is 15.9 Å². The van der Waals surface area contributed by atoms with Crippen LogP contribution in [0.4, 0.5) is 11.4 Å². The lowest BCUT2D eigenvalue weighted by Gasteiger charge is -2.12. The Morgan fingerprint density at radius 3 is 2.71 bits per heavy atom. The van der Waals surface area contributed by atoms with Gasteiger partial charge in [-0.1, -0.05) is 12.1 Å². The largest absolute Gasteiger partial charge is 0.495 e. The van der Waals surface area contributed by atoms with Crippen LogP contribution in [-0.2, 0) is 0 Å². The first-order chi connectivity index (χ1) is 10.2. The van der Waals surface area contributed by atoms with Crippen LogP contribution in [0.25, 0.3) is 0 Å². The maximum absolute atomic E-state index is 12.4. The van der Waals surface area contributed by atoms with E-state index in [0.29, 0.717) is 17.0 Å². The average Bonchev–Trinajstić information content (AvgIpc) is 2.50. The zero-order valence-corrected chi connectivity index (χ0v) is 13.5. The molecule has 0 fully saturated rings. The Morgan fingerprint density at radius 1 is 1.24 bits per heavy atom. The van der Waals surface area contributed by atoms with Crippen LogP contribution in [0.3, 0.4) is 0 Å². The first-order valence-corrected chi connectivity index (χ1v) is 7.42. The molecule has 0 spiro atoms. The molecule has 0 bridgehead atoms. The molecule has 2 aromatic carbocycles. The molecule has 0 aromatic heterocycles. The number of methoxy groups -OCH3 is 1. The van der Waals surface area contributed by atoms with Gasteiger partial charge in [-0.3, -0.25) is 4.79 Å². The Kier molecular flexibility index (Phi) is 5.22. The molecule has 2 N–H and O–H groups in total. The van der Waals surface area contributed by atoms with Crippen LogP contribution in [0.15, 0.2) is 46.9 Å². The van der Waals surface area contributed by atoms with Crippen LogP contribution in [-0.4, -0.2) is 19.6 Å². The highest BCUT2D eigenvalue weighted by Crippen LogP contribution is 2.28. The van der Waals surface area contributed by atoms with Gasteiger partial charge in [-0.05, 0) is 47.1 Å². The molecule has 0 saturated heterocycles. The van der Waals surface area contributed by atoms with Gasteiger partial charge < -0.3 is 15.4 Å². The van der Waals surface area contributed by atoms with Gasteiger partial charge in [0.2, 0.25) is 0 Å². The molecule has 1 amide bonds. The second-order valence-corrected chi connectivity index (χ2v) is 5.23. The van der Waals surface area contributed by atoms with Crippen LogP contribution in [0.2, 0.25) is 0 Å². The van der Waals surface area contributed by atoms with Crippen LogP contribution in [0.5, 0.6) is 5.75 Å². The molecule has 0 heterocycles. The molecule has 2 aromatic rings. The van der Waals surface area contributed by atoms with E-state index in [0.717, 1.165) is 16.7 Å². The predicted molar refractivity (Wildman–Crippen MR) is 89.3 cm³/mol. The summed E-state index contributed by atoms with van der Waals surface area (Å²) in [4.78, 5) is 12.4. The van der Waals surface area contributed by atoms with Gasteiger partial charge in [-0.25, -0.2) is 0 Å². The van der Waals surface area contributed by atoms with Crippen molar-refractivity contribution in [2.45, 2.75) is 6.92 Å². The van der Waals surface area contributed by atoms with Crippen molar-refractivity contribution >= 4 is 33.2 Å². The first kappa shape index (κ1) is 15.4. The molecular weight excluding hydrogens is 332 g/mol. The molecule has 0 unspecified atom stereocenters. The van der Waals surface area contributed by atoms with Gasteiger partial charge in [-0.15, -0.1) is 0 Å². The molecule has 110 valence electrons. The number of hydrogen-bond acceptors (Lipinski definition) is 3. The number of benzene rings is 2. The fraction of sp³-hybridized carbons (Fsp3) is 0.188. The normalized spacial score (nSPS) is 10.0. The van der Waals surface area contributed by atoms with Crippen molar-refractivity contribution in [3.05, 3.63) is 52.5 Å². The van der Waals surface area contributed by atoms with Crippen molar-refractivity contribution in [2.24, 2.45) is 0 Å². The summed E-state index contributed by atoms with van der Waals surface area (Å²) in [6, 6.07) is 12.9. The number of hydrogen-bond donors (Lipinski definition) is 2. The second kappa shape index (κ2) is 7.13. The second-order valence-electron chi connectivity index (χ2n) is 4.38. The highest BCUT2D eigenvalue weighted by molar-refractivity contribution is 9.10. The summed E-state index contributed by atoms with van der Waals surface area (Å²) in [6.07, 6.45) is 0. The first-order valence-electron chi connectivity index (χ1n) is 6.63. The lowest BCUT2D eigenvalue weighted by atomic mass is 10.1. The Morgan fingerprint density at radius 2 is 2.00 bits per heavy atom. The van der Waals surface area contributed by atoms with E-state index in [1.54, 1.807) is 19.2 Å². The van der Waals surface area contributed by atoms with Crippen LogP contribution in [0, 0.1) is 0 Å². The van der Waals surface area contributed by atoms with Crippen molar-refractivity contribution in [2.75, 3.05) is 24.3 Å². The Hall–Kier alpha value is -2.01. The topological polar surface area (TPSA) is 50.4 Å². The van der Waals surface area contributed by atoms with E-state index in [-0.39, 0.29) is 5.91 Å². The van der Waals surface area contributed by atoms with E-state index in [2.05, 4.69) is 26.6 Å². The number of rotatable bonds is 5. The quantitative estimate of drug-likeness (QED) is 0.853. The average molecular weight is 349 g/mol. The molecule has 0 aliphatic carbocycles. The van der Waals surface area contributed by atoms with Crippen LogP contribution in [0.1, 0.15) is 17.3 Å². The molecular formula is C16H17BrN2O2. The molecule has 0 saturated carbocycles. The summed E-state index contributed by atoms with van der Waals surface area (Å²) in [5, 5.41) is 6.06. The predicted octanol–water partition coefficient (Wildman–Crippen LogP) is 4.14. The standard InChI is InChI=1S/C16H17BrN2O2/c1-3-18-14-7-5-4-6-12(14)16(20)19-11-8-9-13(17)15(10-11)21-2/h4-10,18H,3H2,1-2H3,(H,19,20). The number of carbonyl (C=O) groups is 1. The SMILES string of the molecule is CCNc1ccccc1C(=O)Nc1ccc(Br)c(OC)c1. The zero-order chi connectivity index (χ0) is 15.2. The molecule has 0 aliphatic rings. The highest BCUT2D eigenvalue weighted by Gasteiger charge is 2.11. The maximum atomic E-state index is 12.4. The number of halogens is 1. The lowest BCUT2D eigenvalue weighted by Crippen LogP contribution is -2.14. The summed E-state index contributed by atoms with van der Waals surface area (Å²) >= 11 is 3.39. The molecule has 0 aliphatic heterocycles. The Labute approximate surface area is 132 Å². The van der Waals surface area contributed by atoms with Crippen molar-refractivity contribution in [1.29, 1.82) is 0 Å². The third-order valence-corrected chi connectivity index (χ3v) is 3.60. The number of carbonyl (C=O) groups excluding carboxylic acids is 1. The monoisotopic (exact) mass is 348 g/mol. The van der Waals surface area contributed by atoms with E-state index >= 15 is 0 Å². The van der Waals surface area contributed by atoms with Gasteiger partial charge in [0.1, 0.15) is 5.75 Å². The number of ether oxygens (including phenoxy) is 1. The number of anilines is 2. The fourth-order valence-corrected chi connectivity index (χ4v) is 2.37. The minimum absolute atomic E-state index is 0.157. The summed E-state index contributed by atoms with van der Waals surface area (Å²) in [5.74, 6) is 0.517. The van der Waals surface area contributed by atoms with Gasteiger partial charge in [0.25, 0.3) is 5.91 Å². The van der Waals surface area contributed by atoms with Gasteiger partial charge in [0.15, 0.2) is 0 Å². The van der Waals surface area contributed by atoms with Gasteiger partial charge in [-0.2, -0.15) is 0 Å². The summed E-state index contributed by atoms with van der Waals surface area (Å²) in [7, 11) is 1.59. The summed E-state index contributed by atoms with van der Waals surface area (Å²) in [6.45, 7) is 2.75. The smallest absolute Gasteiger partial charge is 0.257 e. The molecule has 4 nitrogen and oxygen atoms in total. The van der Waals surface area contributed by atoms with Gasteiger partial charge >= 0.3 is 0 Å². The van der Waals surface area contributed by atoms with E-state index in [9.17, 15) is 4.79 Å². The minimum Gasteiger partial charge on any atom is -0.495 e. The molecule has 21 heavy (non-hydrogen) atoms. The Bertz CT molecular complexity index is 644. The minimum atomic E-state index is -0.157. The van der Waals surface area contributed by atoms with E-state index in [4.69, 9.17) is 4.74 Å². The van der Waals surface area contributed by atoms with Crippen molar-refractivity contribution in [3.63, 3.8) is 0 Å². The lowest BCUT2D eigenvalue weighted by molar-refractivity contribution is 0.102. The highest BCUT2D eigenvalue weighted by atomic mass is 79.9. The van der Waals surface area contributed by atoms with Crippen molar-refractivity contribution in [1.82, 2.24) is 0 Å². The zero-order valence-electron chi connectivity index (χ0n) is 11.9. The fourth-order valence-electron chi connectivity index (χ4n) is 1.96. The number of amides is 1. The summed E-state index contributed by atoms with van der Waals surface area (Å²) in [5.41, 5.74) is 2.12. The number of nitrogens with one attached hydrogen (secondary N) is 2. The van der Waals surface area contributed by atoms with E-state index in [1.165, 1.54) is 0 Å². The van der Waals surface area contributed by atoms with E-state index in [1.807, 2.05) is 37.3 Å². The third-order valence-electron chi connectivity index (χ3n) is 2.95. The molecule has 0 atom stereocenters. The molecule has 5 heteroatoms. The van der Waals surface area contributed by atoms with E-state index < -0.39 is 0 Å². The number of para-hydroxylation sites is 1. The van der Waals surface area contributed by atoms with Crippen molar-refractivity contribution < 1.29 is 9.53 Å². The molecule has 0 radical (unpaired) electrons. The van der Waals surface area contributed by atoms with Crippen LogP contribution < -0.4 is 15.4 Å². The van der Waals surface area contributed by atoms with Crippen molar-refractivity contribution in [3.8, 4) is 5.75 Å². The maximum Gasteiger partial charge on any atom is 0.257 e. The Balaban J connectivity index is 2.22. The van der Waals surface area contributed by atoms with Gasteiger partial charge in [0.05, 0.1) is 17.1 Å².